The lowest BCUT2D eigenvalue weighted by Gasteiger charge is -2.11. The SMILES string of the molecule is C\C=C/C(/C=C/c1ccc(N(C)C)cc1)=C\C=N\Cc1ccccc1C[n+]1ccc(/C=C/c2ccc(N(C)C)cc2)cc1. The highest BCUT2D eigenvalue weighted by atomic mass is 15.1. The molecule has 3 aromatic carbocycles. The molecule has 43 heavy (non-hydrogen) atoms. The van der Waals surface area contributed by atoms with Crippen LogP contribution in [0, 0.1) is 0 Å². The number of rotatable bonds is 12. The maximum atomic E-state index is 4.74. The van der Waals surface area contributed by atoms with Crippen molar-refractivity contribution >= 4 is 35.8 Å². The first-order valence-corrected chi connectivity index (χ1v) is 14.7. The van der Waals surface area contributed by atoms with Gasteiger partial charge in [0.15, 0.2) is 18.9 Å². The van der Waals surface area contributed by atoms with Gasteiger partial charge in [0.25, 0.3) is 0 Å². The largest absolute Gasteiger partial charge is 0.378 e. The summed E-state index contributed by atoms with van der Waals surface area (Å²) in [6.07, 6.45) is 21.0. The van der Waals surface area contributed by atoms with Gasteiger partial charge in [-0.1, -0.05) is 85.0 Å². The summed E-state index contributed by atoms with van der Waals surface area (Å²) in [5.41, 5.74) is 9.54. The smallest absolute Gasteiger partial charge is 0.174 e. The first-order chi connectivity index (χ1) is 20.9. The third kappa shape index (κ3) is 9.82. The zero-order valence-corrected chi connectivity index (χ0v) is 26.1. The lowest BCUT2D eigenvalue weighted by Crippen LogP contribution is -2.33. The number of allylic oxidation sites excluding steroid dienone is 5. The average molecular weight is 568 g/mol. The summed E-state index contributed by atoms with van der Waals surface area (Å²) in [4.78, 5) is 8.95. The predicted octanol–water partition coefficient (Wildman–Crippen LogP) is 8.11. The van der Waals surface area contributed by atoms with Gasteiger partial charge in [0.05, 0.1) is 6.54 Å². The molecule has 1 aromatic heterocycles. The number of aliphatic imine (C=N–C) groups is 1. The van der Waals surface area contributed by atoms with Crippen molar-refractivity contribution in [2.45, 2.75) is 20.0 Å². The highest BCUT2D eigenvalue weighted by molar-refractivity contribution is 5.75. The molecule has 4 aromatic rings. The van der Waals surface area contributed by atoms with Crippen LogP contribution in [0.4, 0.5) is 11.4 Å². The Balaban J connectivity index is 1.36. The van der Waals surface area contributed by atoms with E-state index >= 15 is 0 Å². The molecule has 0 amide bonds. The number of nitrogens with zero attached hydrogens (tertiary/aromatic N) is 4. The lowest BCUT2D eigenvalue weighted by atomic mass is 10.1. The van der Waals surface area contributed by atoms with Gasteiger partial charge in [-0.3, -0.25) is 4.99 Å². The van der Waals surface area contributed by atoms with E-state index in [1.54, 1.807) is 0 Å². The number of pyridine rings is 1. The van der Waals surface area contributed by atoms with Crippen LogP contribution >= 0.6 is 0 Å². The van der Waals surface area contributed by atoms with Crippen LogP contribution in [-0.4, -0.2) is 34.4 Å². The van der Waals surface area contributed by atoms with E-state index in [9.17, 15) is 0 Å². The Kier molecular flexibility index (Phi) is 11.4. The molecule has 0 radical (unpaired) electrons. The quantitative estimate of drug-likeness (QED) is 0.0980. The van der Waals surface area contributed by atoms with Crippen LogP contribution < -0.4 is 14.4 Å². The molecule has 0 saturated carbocycles. The molecule has 0 N–H and O–H groups in total. The van der Waals surface area contributed by atoms with E-state index in [2.05, 4.69) is 182 Å². The first kappa shape index (κ1) is 31.0. The fourth-order valence-electron chi connectivity index (χ4n) is 4.55. The minimum atomic E-state index is 0.638. The summed E-state index contributed by atoms with van der Waals surface area (Å²) >= 11 is 0. The van der Waals surface area contributed by atoms with Crippen molar-refractivity contribution in [3.8, 4) is 0 Å². The summed E-state index contributed by atoms with van der Waals surface area (Å²) in [7, 11) is 8.22. The second kappa shape index (κ2) is 15.9. The van der Waals surface area contributed by atoms with Crippen LogP contribution in [-0.2, 0) is 13.1 Å². The van der Waals surface area contributed by atoms with Crippen molar-refractivity contribution in [3.05, 3.63) is 155 Å². The molecule has 0 atom stereocenters. The van der Waals surface area contributed by atoms with Gasteiger partial charge >= 0.3 is 0 Å². The molecule has 0 bridgehead atoms. The van der Waals surface area contributed by atoms with E-state index in [1.165, 1.54) is 39.2 Å². The molecule has 0 fully saturated rings. The standard InChI is InChI=1S/C39H43N4/c1-6-9-32(12-13-33-16-20-38(21-17-33)41(2)3)24-27-40-30-36-10-7-8-11-37(36)31-43-28-25-35(26-29-43)15-14-34-18-22-39(23-19-34)42(4)5/h6-29H,30-31H2,1-5H3/q+1/b9-6-,13-12+,32-24+,40-27+. The second-order valence-electron chi connectivity index (χ2n) is 10.9. The van der Waals surface area contributed by atoms with Gasteiger partial charge in [-0.15, -0.1) is 0 Å². The Morgan fingerprint density at radius 1 is 0.651 bits per heavy atom. The topological polar surface area (TPSA) is 22.7 Å². The molecule has 4 heteroatoms. The maximum absolute atomic E-state index is 4.74. The van der Waals surface area contributed by atoms with Crippen LogP contribution in [0.3, 0.4) is 0 Å². The minimum Gasteiger partial charge on any atom is -0.378 e. The predicted molar refractivity (Wildman–Crippen MR) is 187 cm³/mol. The lowest BCUT2D eigenvalue weighted by molar-refractivity contribution is -0.688. The summed E-state index contributed by atoms with van der Waals surface area (Å²) in [5.74, 6) is 0. The molecule has 0 saturated heterocycles. The van der Waals surface area contributed by atoms with Crippen molar-refractivity contribution in [1.82, 2.24) is 0 Å². The van der Waals surface area contributed by atoms with Gasteiger partial charge in [-0.25, -0.2) is 4.57 Å². The van der Waals surface area contributed by atoms with Crippen molar-refractivity contribution in [3.63, 3.8) is 0 Å². The summed E-state index contributed by atoms with van der Waals surface area (Å²) in [5, 5.41) is 0. The molecule has 0 aliphatic rings. The van der Waals surface area contributed by atoms with E-state index in [4.69, 9.17) is 4.99 Å². The van der Waals surface area contributed by atoms with Gasteiger partial charge in [0.2, 0.25) is 0 Å². The van der Waals surface area contributed by atoms with Gasteiger partial charge in [-0.2, -0.15) is 0 Å². The van der Waals surface area contributed by atoms with E-state index in [1.807, 2.05) is 13.1 Å². The third-order valence-corrected chi connectivity index (χ3v) is 7.14. The minimum absolute atomic E-state index is 0.638. The van der Waals surface area contributed by atoms with E-state index < -0.39 is 0 Å². The van der Waals surface area contributed by atoms with Crippen molar-refractivity contribution in [1.29, 1.82) is 0 Å². The van der Waals surface area contributed by atoms with Crippen molar-refractivity contribution in [2.75, 3.05) is 38.0 Å². The molecular weight excluding hydrogens is 524 g/mol. The molecule has 0 spiro atoms. The molecular formula is C39H43N4+. The molecule has 0 unspecified atom stereocenters. The first-order valence-electron chi connectivity index (χ1n) is 14.7. The zero-order valence-electron chi connectivity index (χ0n) is 26.1. The molecule has 218 valence electrons. The highest BCUT2D eigenvalue weighted by Gasteiger charge is 2.07. The highest BCUT2D eigenvalue weighted by Crippen LogP contribution is 2.16. The van der Waals surface area contributed by atoms with Gasteiger partial charge in [0.1, 0.15) is 0 Å². The fraction of sp³-hybridized carbons (Fsp3) is 0.179. The van der Waals surface area contributed by atoms with Crippen LogP contribution in [0.1, 0.15) is 34.7 Å². The van der Waals surface area contributed by atoms with E-state index in [0.29, 0.717) is 6.54 Å². The average Bonchev–Trinajstić information content (AvgIpc) is 3.02. The Hall–Kier alpha value is -4.96. The van der Waals surface area contributed by atoms with Crippen molar-refractivity contribution in [2.24, 2.45) is 4.99 Å². The Morgan fingerprint density at radius 2 is 1.19 bits per heavy atom. The van der Waals surface area contributed by atoms with Crippen molar-refractivity contribution < 1.29 is 4.57 Å². The molecule has 1 heterocycles. The number of hydrogen-bond acceptors (Lipinski definition) is 3. The number of aromatic nitrogens is 1. The number of benzene rings is 3. The number of hydrogen-bond donors (Lipinski definition) is 0. The Morgan fingerprint density at radius 3 is 1.74 bits per heavy atom. The summed E-state index contributed by atoms with van der Waals surface area (Å²) < 4.78 is 2.21. The van der Waals surface area contributed by atoms with Crippen LogP contribution in [0.5, 0.6) is 0 Å². The van der Waals surface area contributed by atoms with Gasteiger partial charge in [0, 0.05) is 63.5 Å². The molecule has 4 nitrogen and oxygen atoms in total. The van der Waals surface area contributed by atoms with Gasteiger partial charge in [-0.05, 0) is 65.1 Å². The van der Waals surface area contributed by atoms with Crippen LogP contribution in [0.25, 0.3) is 18.2 Å². The Labute approximate surface area is 258 Å². The molecule has 4 rings (SSSR count). The van der Waals surface area contributed by atoms with Crippen LogP contribution in [0.2, 0.25) is 0 Å². The normalized spacial score (nSPS) is 12.3. The summed E-state index contributed by atoms with van der Waals surface area (Å²) in [6, 6.07) is 30.0. The summed E-state index contributed by atoms with van der Waals surface area (Å²) in [6.45, 7) is 3.47. The monoisotopic (exact) mass is 567 g/mol. The third-order valence-electron chi connectivity index (χ3n) is 7.14. The van der Waals surface area contributed by atoms with Gasteiger partial charge < -0.3 is 9.80 Å². The van der Waals surface area contributed by atoms with E-state index in [-0.39, 0.29) is 0 Å². The molecule has 0 aliphatic carbocycles. The second-order valence-corrected chi connectivity index (χ2v) is 10.9. The fourth-order valence-corrected chi connectivity index (χ4v) is 4.55. The Bertz CT molecular complexity index is 1580. The van der Waals surface area contributed by atoms with Crippen LogP contribution in [0.15, 0.2) is 132 Å². The number of anilines is 2. The maximum Gasteiger partial charge on any atom is 0.174 e. The zero-order chi connectivity index (χ0) is 30.4. The van der Waals surface area contributed by atoms with E-state index in [0.717, 1.165) is 12.1 Å². The molecule has 0 aliphatic heterocycles.